The number of hydrogen-bond acceptors (Lipinski definition) is 4. The molecule has 0 bridgehead atoms. The number of rotatable bonds is 9. The first-order chi connectivity index (χ1) is 9.99. The van der Waals surface area contributed by atoms with E-state index in [0.29, 0.717) is 12.5 Å². The number of amides is 1. The highest BCUT2D eigenvalue weighted by Crippen LogP contribution is 2.22. The van der Waals surface area contributed by atoms with Crippen LogP contribution in [-0.4, -0.2) is 36.5 Å². The van der Waals surface area contributed by atoms with Crippen LogP contribution in [0.15, 0.2) is 16.8 Å². The van der Waals surface area contributed by atoms with Crippen molar-refractivity contribution >= 4 is 42.1 Å². The molecule has 1 amide bonds. The van der Waals surface area contributed by atoms with Crippen molar-refractivity contribution in [3.63, 3.8) is 0 Å². The molecule has 0 radical (unpaired) electrons. The van der Waals surface area contributed by atoms with Gasteiger partial charge < -0.3 is 11.1 Å². The number of carbonyl (C=O) groups excluding carboxylic acids is 1. The summed E-state index contributed by atoms with van der Waals surface area (Å²) < 4.78 is 0. The first-order valence-corrected chi connectivity index (χ1v) is 8.73. The highest BCUT2D eigenvalue weighted by atomic mass is 35.5. The van der Waals surface area contributed by atoms with Crippen molar-refractivity contribution < 1.29 is 4.79 Å². The molecule has 0 spiro atoms. The summed E-state index contributed by atoms with van der Waals surface area (Å²) in [5.74, 6) is 0.386. The molecule has 1 aromatic rings. The second kappa shape index (κ2) is 13.0. The maximum atomic E-state index is 12.1. The van der Waals surface area contributed by atoms with Crippen LogP contribution in [0.4, 0.5) is 0 Å². The smallest absolute Gasteiger partial charge is 0.236 e. The summed E-state index contributed by atoms with van der Waals surface area (Å²) >= 11 is 1.69. The number of nitrogens with zero attached hydrogens (tertiary/aromatic N) is 1. The van der Waals surface area contributed by atoms with Crippen LogP contribution in [0.2, 0.25) is 0 Å². The number of thiophene rings is 1. The van der Waals surface area contributed by atoms with E-state index in [4.69, 9.17) is 5.73 Å². The van der Waals surface area contributed by atoms with Crippen LogP contribution < -0.4 is 11.1 Å². The minimum absolute atomic E-state index is 0. The number of nitrogens with one attached hydrogen (secondary N) is 1. The van der Waals surface area contributed by atoms with Crippen molar-refractivity contribution in [3.05, 3.63) is 22.4 Å². The second-order valence-corrected chi connectivity index (χ2v) is 6.55. The van der Waals surface area contributed by atoms with E-state index in [9.17, 15) is 4.79 Å². The topological polar surface area (TPSA) is 58.4 Å². The van der Waals surface area contributed by atoms with Crippen LogP contribution in [0.1, 0.15) is 45.7 Å². The summed E-state index contributed by atoms with van der Waals surface area (Å²) in [7, 11) is 0. The molecule has 1 aromatic heterocycles. The quantitative estimate of drug-likeness (QED) is 0.686. The van der Waals surface area contributed by atoms with Gasteiger partial charge in [0, 0.05) is 6.54 Å². The number of nitrogens with two attached hydrogens (primary N) is 1. The van der Waals surface area contributed by atoms with Crippen LogP contribution in [-0.2, 0) is 4.79 Å². The van der Waals surface area contributed by atoms with E-state index in [1.54, 1.807) is 11.3 Å². The lowest BCUT2D eigenvalue weighted by molar-refractivity contribution is -0.123. The molecule has 0 aliphatic carbocycles. The Balaban J connectivity index is 0. The van der Waals surface area contributed by atoms with Gasteiger partial charge in [-0.15, -0.1) is 24.8 Å². The van der Waals surface area contributed by atoms with E-state index < -0.39 is 6.04 Å². The zero-order valence-electron chi connectivity index (χ0n) is 14.5. The second-order valence-electron chi connectivity index (χ2n) is 5.77. The van der Waals surface area contributed by atoms with Crippen molar-refractivity contribution in [1.29, 1.82) is 0 Å². The van der Waals surface area contributed by atoms with E-state index in [1.807, 2.05) is 0 Å². The Kier molecular flexibility index (Phi) is 14.1. The fourth-order valence-corrected chi connectivity index (χ4v) is 3.24. The van der Waals surface area contributed by atoms with Crippen LogP contribution in [0.3, 0.4) is 0 Å². The summed E-state index contributed by atoms with van der Waals surface area (Å²) in [5, 5.41) is 7.26. The summed E-state index contributed by atoms with van der Waals surface area (Å²) in [6.07, 6.45) is 0.722. The van der Waals surface area contributed by atoms with Crippen LogP contribution >= 0.6 is 36.2 Å². The molecule has 23 heavy (non-hydrogen) atoms. The number of likely N-dealkylation sites (N-methyl/N-ethyl adjacent to an activating group) is 1. The maximum absolute atomic E-state index is 12.1. The Labute approximate surface area is 157 Å². The highest BCUT2D eigenvalue weighted by Gasteiger charge is 2.21. The Morgan fingerprint density at radius 3 is 2.35 bits per heavy atom. The Morgan fingerprint density at radius 1 is 1.30 bits per heavy atom. The zero-order valence-corrected chi connectivity index (χ0v) is 16.9. The van der Waals surface area contributed by atoms with E-state index in [2.05, 4.69) is 54.7 Å². The molecule has 0 saturated carbocycles. The molecular formula is C16H31Cl2N3OS. The standard InChI is InChI=1S/C16H29N3OS.2ClH/c1-5-19(6-2)15(13-7-8-21-11-13)10-18-16(20)14(17)9-12(3)4;;/h7-8,11-12,14-15H,5-6,9-10,17H2,1-4H3,(H,18,20);2*1H/t14-,15?;;/m0../s1. The molecule has 0 aliphatic rings. The number of halogens is 2. The van der Waals surface area contributed by atoms with Crippen molar-refractivity contribution in [2.24, 2.45) is 11.7 Å². The van der Waals surface area contributed by atoms with Gasteiger partial charge in [-0.25, -0.2) is 0 Å². The maximum Gasteiger partial charge on any atom is 0.236 e. The predicted molar refractivity (Wildman–Crippen MR) is 105 cm³/mol. The number of carbonyl (C=O) groups is 1. The Morgan fingerprint density at radius 2 is 1.91 bits per heavy atom. The first kappa shape index (κ1) is 24.9. The lowest BCUT2D eigenvalue weighted by atomic mass is 10.0. The zero-order chi connectivity index (χ0) is 15.8. The van der Waals surface area contributed by atoms with Gasteiger partial charge in [-0.05, 0) is 47.8 Å². The predicted octanol–water partition coefficient (Wildman–Crippen LogP) is 3.46. The third-order valence-corrected chi connectivity index (χ3v) is 4.41. The average molecular weight is 384 g/mol. The molecule has 0 aromatic carbocycles. The molecular weight excluding hydrogens is 353 g/mol. The lowest BCUT2D eigenvalue weighted by Crippen LogP contribution is -2.45. The minimum atomic E-state index is -0.412. The molecule has 1 unspecified atom stereocenters. The highest BCUT2D eigenvalue weighted by molar-refractivity contribution is 7.07. The van der Waals surface area contributed by atoms with Gasteiger partial charge in [0.05, 0.1) is 12.1 Å². The molecule has 7 heteroatoms. The van der Waals surface area contributed by atoms with Gasteiger partial charge in [0.25, 0.3) is 0 Å². The summed E-state index contributed by atoms with van der Waals surface area (Å²) in [6.45, 7) is 11.0. The first-order valence-electron chi connectivity index (χ1n) is 7.78. The van der Waals surface area contributed by atoms with Gasteiger partial charge in [0.2, 0.25) is 5.91 Å². The SMILES string of the molecule is CCN(CC)C(CNC(=O)[C@@H](N)CC(C)C)c1ccsc1.Cl.Cl. The Bertz CT molecular complexity index is 411. The lowest BCUT2D eigenvalue weighted by Gasteiger charge is -2.30. The van der Waals surface area contributed by atoms with Gasteiger partial charge >= 0.3 is 0 Å². The van der Waals surface area contributed by atoms with Crippen LogP contribution in [0, 0.1) is 5.92 Å². The Hall–Kier alpha value is -0.330. The fourth-order valence-electron chi connectivity index (χ4n) is 2.53. The van der Waals surface area contributed by atoms with E-state index in [1.165, 1.54) is 5.56 Å². The van der Waals surface area contributed by atoms with Crippen molar-refractivity contribution in [3.8, 4) is 0 Å². The largest absolute Gasteiger partial charge is 0.353 e. The summed E-state index contributed by atoms with van der Waals surface area (Å²) in [5.41, 5.74) is 7.21. The van der Waals surface area contributed by atoms with Gasteiger partial charge in [0.15, 0.2) is 0 Å². The van der Waals surface area contributed by atoms with Gasteiger partial charge in [-0.3, -0.25) is 9.69 Å². The van der Waals surface area contributed by atoms with E-state index >= 15 is 0 Å². The molecule has 3 N–H and O–H groups in total. The normalized spacial score (nSPS) is 13.2. The van der Waals surface area contributed by atoms with Crippen LogP contribution in [0.25, 0.3) is 0 Å². The van der Waals surface area contributed by atoms with Gasteiger partial charge in [-0.2, -0.15) is 11.3 Å². The molecule has 2 atom stereocenters. The average Bonchev–Trinajstić information content (AvgIpc) is 2.96. The van der Waals surface area contributed by atoms with Gasteiger partial charge in [0.1, 0.15) is 0 Å². The molecule has 0 aliphatic heterocycles. The summed E-state index contributed by atoms with van der Waals surface area (Å²) in [6, 6.07) is 1.94. The summed E-state index contributed by atoms with van der Waals surface area (Å²) in [4.78, 5) is 14.5. The van der Waals surface area contributed by atoms with Crippen LogP contribution in [0.5, 0.6) is 0 Å². The van der Waals surface area contributed by atoms with E-state index in [0.717, 1.165) is 19.5 Å². The molecule has 0 saturated heterocycles. The molecule has 0 fully saturated rings. The molecule has 4 nitrogen and oxygen atoms in total. The van der Waals surface area contributed by atoms with E-state index in [-0.39, 0.29) is 36.8 Å². The minimum Gasteiger partial charge on any atom is -0.353 e. The van der Waals surface area contributed by atoms with Crippen molar-refractivity contribution in [2.45, 2.75) is 46.2 Å². The number of hydrogen-bond donors (Lipinski definition) is 2. The monoisotopic (exact) mass is 383 g/mol. The third-order valence-electron chi connectivity index (χ3n) is 3.71. The molecule has 1 rings (SSSR count). The third kappa shape index (κ3) is 8.36. The van der Waals surface area contributed by atoms with Crippen molar-refractivity contribution in [2.75, 3.05) is 19.6 Å². The molecule has 136 valence electrons. The van der Waals surface area contributed by atoms with Crippen molar-refractivity contribution in [1.82, 2.24) is 10.2 Å². The van der Waals surface area contributed by atoms with Gasteiger partial charge in [-0.1, -0.05) is 27.7 Å². The fraction of sp³-hybridized carbons (Fsp3) is 0.688. The molecule has 1 heterocycles.